The summed E-state index contributed by atoms with van der Waals surface area (Å²) < 4.78 is 28.4. The van der Waals surface area contributed by atoms with Crippen molar-refractivity contribution in [1.82, 2.24) is 0 Å². The quantitative estimate of drug-likeness (QED) is 0.592. The van der Waals surface area contributed by atoms with Crippen LogP contribution in [-0.4, -0.2) is 33.0 Å². The van der Waals surface area contributed by atoms with Gasteiger partial charge in [-0.25, -0.2) is 8.42 Å². The molecule has 0 N–H and O–H groups in total. The number of hydrogen-bond acceptors (Lipinski definition) is 5. The van der Waals surface area contributed by atoms with Crippen LogP contribution in [0.3, 0.4) is 0 Å². The summed E-state index contributed by atoms with van der Waals surface area (Å²) in [5, 5.41) is 0. The standard InChI is InChI=1S/C14H18O5S/c1-4-20(17,18)13-7-5-10(2)9-11(13)12(15)6-8-14(16)19-3/h5,7,9H,4,6,8H2,1-3H3. The maximum Gasteiger partial charge on any atom is 0.305 e. The minimum absolute atomic E-state index is 0.0282. The fraction of sp³-hybridized carbons (Fsp3) is 0.429. The third-order valence-electron chi connectivity index (χ3n) is 2.93. The Kier molecular flexibility index (Phi) is 5.44. The maximum absolute atomic E-state index is 12.1. The van der Waals surface area contributed by atoms with Gasteiger partial charge in [-0.1, -0.05) is 18.6 Å². The summed E-state index contributed by atoms with van der Waals surface area (Å²) in [6, 6.07) is 4.64. The number of carbonyl (C=O) groups excluding carboxylic acids is 2. The molecule has 1 aromatic rings. The van der Waals surface area contributed by atoms with Crippen LogP contribution in [0.5, 0.6) is 0 Å². The molecular weight excluding hydrogens is 280 g/mol. The van der Waals surface area contributed by atoms with Gasteiger partial charge in [0.1, 0.15) is 0 Å². The van der Waals surface area contributed by atoms with Crippen molar-refractivity contribution in [2.45, 2.75) is 31.6 Å². The molecule has 0 fully saturated rings. The number of ether oxygens (including phenoxy) is 1. The van der Waals surface area contributed by atoms with Crippen molar-refractivity contribution in [2.75, 3.05) is 12.9 Å². The van der Waals surface area contributed by atoms with Crippen LogP contribution in [-0.2, 0) is 19.4 Å². The SMILES string of the molecule is CCS(=O)(=O)c1ccc(C)cc1C(=O)CCC(=O)OC. The van der Waals surface area contributed by atoms with Crippen LogP contribution in [0, 0.1) is 6.92 Å². The average molecular weight is 298 g/mol. The van der Waals surface area contributed by atoms with Gasteiger partial charge in [-0.2, -0.15) is 0 Å². The summed E-state index contributed by atoms with van der Waals surface area (Å²) in [5.41, 5.74) is 0.942. The number of rotatable bonds is 6. The minimum Gasteiger partial charge on any atom is -0.469 e. The molecule has 5 nitrogen and oxygen atoms in total. The zero-order chi connectivity index (χ0) is 15.3. The summed E-state index contributed by atoms with van der Waals surface area (Å²) in [5.74, 6) is -0.940. The predicted molar refractivity (Wildman–Crippen MR) is 74.5 cm³/mol. The molecule has 0 aliphatic heterocycles. The third-order valence-corrected chi connectivity index (χ3v) is 4.72. The van der Waals surface area contributed by atoms with Crippen LogP contribution in [0.4, 0.5) is 0 Å². The molecule has 0 aliphatic carbocycles. The number of carbonyl (C=O) groups is 2. The second-order valence-electron chi connectivity index (χ2n) is 4.40. The molecule has 0 saturated carbocycles. The molecule has 0 unspecified atom stereocenters. The van der Waals surface area contributed by atoms with Crippen LogP contribution in [0.15, 0.2) is 23.1 Å². The van der Waals surface area contributed by atoms with Gasteiger partial charge in [0.2, 0.25) is 0 Å². The number of sulfone groups is 1. The highest BCUT2D eigenvalue weighted by Gasteiger charge is 2.21. The van der Waals surface area contributed by atoms with Gasteiger partial charge in [0.15, 0.2) is 15.6 Å². The zero-order valence-corrected chi connectivity index (χ0v) is 12.6. The molecule has 0 heterocycles. The van der Waals surface area contributed by atoms with Crippen molar-refractivity contribution < 1.29 is 22.7 Å². The maximum atomic E-state index is 12.1. The topological polar surface area (TPSA) is 77.5 Å². The molecule has 0 saturated heterocycles. The largest absolute Gasteiger partial charge is 0.469 e. The second kappa shape index (κ2) is 6.65. The number of benzene rings is 1. The van der Waals surface area contributed by atoms with Crippen molar-refractivity contribution in [2.24, 2.45) is 0 Å². The Balaban J connectivity index is 3.13. The number of hydrogen-bond donors (Lipinski definition) is 0. The Morgan fingerprint density at radius 3 is 2.40 bits per heavy atom. The Labute approximate surface area is 118 Å². The van der Waals surface area contributed by atoms with Crippen molar-refractivity contribution in [3.63, 3.8) is 0 Å². The first-order chi connectivity index (χ1) is 9.31. The molecule has 1 aromatic carbocycles. The van der Waals surface area contributed by atoms with Gasteiger partial charge in [0.05, 0.1) is 24.2 Å². The van der Waals surface area contributed by atoms with Crippen molar-refractivity contribution in [3.05, 3.63) is 29.3 Å². The molecule has 0 bridgehead atoms. The van der Waals surface area contributed by atoms with Crippen LogP contribution < -0.4 is 0 Å². The van der Waals surface area contributed by atoms with Gasteiger partial charge in [-0.15, -0.1) is 0 Å². The lowest BCUT2D eigenvalue weighted by Gasteiger charge is -2.09. The van der Waals surface area contributed by atoms with E-state index in [9.17, 15) is 18.0 Å². The third kappa shape index (κ3) is 3.90. The lowest BCUT2D eigenvalue weighted by Crippen LogP contribution is -2.13. The molecule has 6 heteroatoms. The molecule has 0 amide bonds. The highest BCUT2D eigenvalue weighted by Crippen LogP contribution is 2.21. The van der Waals surface area contributed by atoms with Gasteiger partial charge in [0, 0.05) is 12.0 Å². The molecule has 0 aliphatic rings. The van der Waals surface area contributed by atoms with Crippen molar-refractivity contribution >= 4 is 21.6 Å². The number of ketones is 1. The van der Waals surface area contributed by atoms with Gasteiger partial charge in [-0.05, 0) is 19.1 Å². The van der Waals surface area contributed by atoms with E-state index < -0.39 is 15.8 Å². The number of esters is 1. The molecule has 0 spiro atoms. The molecule has 0 aromatic heterocycles. The molecule has 0 radical (unpaired) electrons. The van der Waals surface area contributed by atoms with E-state index in [1.54, 1.807) is 19.1 Å². The fourth-order valence-electron chi connectivity index (χ4n) is 1.74. The Morgan fingerprint density at radius 2 is 1.85 bits per heavy atom. The highest BCUT2D eigenvalue weighted by atomic mass is 32.2. The lowest BCUT2D eigenvalue weighted by molar-refractivity contribution is -0.140. The van der Waals surface area contributed by atoms with E-state index in [0.29, 0.717) is 0 Å². The first-order valence-electron chi connectivity index (χ1n) is 6.25. The van der Waals surface area contributed by atoms with Crippen LogP contribution in [0.25, 0.3) is 0 Å². The monoisotopic (exact) mass is 298 g/mol. The first-order valence-corrected chi connectivity index (χ1v) is 7.90. The van der Waals surface area contributed by atoms with Crippen LogP contribution >= 0.6 is 0 Å². The van der Waals surface area contributed by atoms with Crippen molar-refractivity contribution in [3.8, 4) is 0 Å². The van der Waals surface area contributed by atoms with Crippen molar-refractivity contribution in [1.29, 1.82) is 0 Å². The normalized spacial score (nSPS) is 11.2. The van der Waals surface area contributed by atoms with E-state index in [4.69, 9.17) is 0 Å². The summed E-state index contributed by atoms with van der Waals surface area (Å²) >= 11 is 0. The Morgan fingerprint density at radius 1 is 1.20 bits per heavy atom. The van der Waals surface area contributed by atoms with Crippen LogP contribution in [0.1, 0.15) is 35.7 Å². The van der Waals surface area contributed by atoms with E-state index in [2.05, 4.69) is 4.74 Å². The van der Waals surface area contributed by atoms with Crippen LogP contribution in [0.2, 0.25) is 0 Å². The van der Waals surface area contributed by atoms with Gasteiger partial charge in [-0.3, -0.25) is 9.59 Å². The number of Topliss-reactive ketones (excluding diaryl/α,β-unsaturated/α-hetero) is 1. The molecule has 0 atom stereocenters. The van der Waals surface area contributed by atoms with Gasteiger partial charge >= 0.3 is 5.97 Å². The lowest BCUT2D eigenvalue weighted by atomic mass is 10.0. The summed E-state index contributed by atoms with van der Waals surface area (Å²) in [6.07, 6.45) is -0.128. The molecular formula is C14H18O5S. The summed E-state index contributed by atoms with van der Waals surface area (Å²) in [7, 11) is -2.23. The molecule has 20 heavy (non-hydrogen) atoms. The van der Waals surface area contributed by atoms with Gasteiger partial charge < -0.3 is 4.74 Å². The highest BCUT2D eigenvalue weighted by molar-refractivity contribution is 7.91. The van der Waals surface area contributed by atoms with E-state index in [-0.39, 0.29) is 34.8 Å². The number of methoxy groups -OCH3 is 1. The molecule has 110 valence electrons. The summed E-state index contributed by atoms with van der Waals surface area (Å²) in [6.45, 7) is 3.30. The van der Waals surface area contributed by atoms with E-state index in [0.717, 1.165) is 5.56 Å². The van der Waals surface area contributed by atoms with E-state index in [1.165, 1.54) is 20.1 Å². The smallest absolute Gasteiger partial charge is 0.305 e. The first kappa shape index (κ1) is 16.4. The summed E-state index contributed by atoms with van der Waals surface area (Å²) in [4.78, 5) is 23.2. The Hall–Kier alpha value is -1.69. The average Bonchev–Trinajstić information content (AvgIpc) is 2.43. The fourth-order valence-corrected chi connectivity index (χ4v) is 2.83. The minimum atomic E-state index is -3.47. The van der Waals surface area contributed by atoms with E-state index >= 15 is 0 Å². The van der Waals surface area contributed by atoms with Gasteiger partial charge in [0.25, 0.3) is 0 Å². The van der Waals surface area contributed by atoms with E-state index in [1.807, 2.05) is 0 Å². The molecule has 1 rings (SSSR count). The number of aryl methyl sites for hydroxylation is 1. The Bertz CT molecular complexity index is 616. The predicted octanol–water partition coefficient (Wildman–Crippen LogP) is 1.92. The second-order valence-corrected chi connectivity index (χ2v) is 6.65. The zero-order valence-electron chi connectivity index (χ0n) is 11.8.